The Hall–Kier alpha value is -0.800. The molecule has 2 rings (SSSR count). The minimum atomic E-state index is -0.843. The van der Waals surface area contributed by atoms with E-state index in [1.54, 1.807) is 0 Å². The van der Waals surface area contributed by atoms with Gasteiger partial charge < -0.3 is 14.8 Å². The molecule has 2 N–H and O–H groups in total. The van der Waals surface area contributed by atoms with E-state index in [0.29, 0.717) is 12.6 Å². The Kier molecular flexibility index (Phi) is 3.59. The molecule has 0 amide bonds. The second-order valence-electron chi connectivity index (χ2n) is 5.46. The van der Waals surface area contributed by atoms with Crippen molar-refractivity contribution >= 4 is 0 Å². The molecule has 1 saturated carbocycles. The monoisotopic (exact) mass is 237 g/mol. The Morgan fingerprint density at radius 3 is 2.59 bits per heavy atom. The van der Waals surface area contributed by atoms with Gasteiger partial charge in [0.2, 0.25) is 0 Å². The second kappa shape index (κ2) is 4.83. The fraction of sp³-hybridized carbons (Fsp3) is 0.714. The standard InChI is InChI=1S/C14H23NO2/c1-10-8-13(11(2)17-10)14(3,16)9-15-12-6-4-5-7-12/h8,12,15-16H,4-7,9H2,1-3H3. The number of rotatable bonds is 4. The van der Waals surface area contributed by atoms with Crippen LogP contribution in [0.4, 0.5) is 0 Å². The summed E-state index contributed by atoms with van der Waals surface area (Å²) < 4.78 is 5.48. The van der Waals surface area contributed by atoms with Gasteiger partial charge in [0.15, 0.2) is 0 Å². The summed E-state index contributed by atoms with van der Waals surface area (Å²) in [5.74, 6) is 1.68. The number of furan rings is 1. The molecule has 17 heavy (non-hydrogen) atoms. The normalized spacial score (nSPS) is 20.7. The molecule has 3 nitrogen and oxygen atoms in total. The van der Waals surface area contributed by atoms with Gasteiger partial charge in [0, 0.05) is 18.2 Å². The quantitative estimate of drug-likeness (QED) is 0.846. The Bertz CT molecular complexity index is 376. The van der Waals surface area contributed by atoms with Crippen molar-refractivity contribution in [2.75, 3.05) is 6.54 Å². The van der Waals surface area contributed by atoms with Crippen LogP contribution in [0.2, 0.25) is 0 Å². The summed E-state index contributed by atoms with van der Waals surface area (Å²) in [5, 5.41) is 14.0. The first kappa shape index (κ1) is 12.7. The molecule has 0 aromatic carbocycles. The van der Waals surface area contributed by atoms with Crippen LogP contribution in [0.5, 0.6) is 0 Å². The van der Waals surface area contributed by atoms with Crippen LogP contribution in [0.3, 0.4) is 0 Å². The fourth-order valence-corrected chi connectivity index (χ4v) is 2.73. The smallest absolute Gasteiger partial charge is 0.107 e. The molecular weight excluding hydrogens is 214 g/mol. The molecule has 0 aliphatic heterocycles. The molecule has 1 heterocycles. The largest absolute Gasteiger partial charge is 0.466 e. The lowest BCUT2D eigenvalue weighted by Crippen LogP contribution is -2.39. The third kappa shape index (κ3) is 2.90. The van der Waals surface area contributed by atoms with Gasteiger partial charge >= 0.3 is 0 Å². The molecule has 1 aromatic rings. The van der Waals surface area contributed by atoms with Gasteiger partial charge in [-0.1, -0.05) is 12.8 Å². The van der Waals surface area contributed by atoms with Crippen LogP contribution >= 0.6 is 0 Å². The van der Waals surface area contributed by atoms with Crippen LogP contribution < -0.4 is 5.32 Å². The molecule has 1 fully saturated rings. The van der Waals surface area contributed by atoms with Crippen molar-refractivity contribution in [1.82, 2.24) is 5.32 Å². The van der Waals surface area contributed by atoms with E-state index in [9.17, 15) is 5.11 Å². The zero-order valence-electron chi connectivity index (χ0n) is 11.0. The molecular formula is C14H23NO2. The van der Waals surface area contributed by atoms with Crippen LogP contribution in [0.15, 0.2) is 10.5 Å². The molecule has 1 unspecified atom stereocenters. The van der Waals surface area contributed by atoms with E-state index >= 15 is 0 Å². The number of aliphatic hydroxyl groups is 1. The molecule has 1 atom stereocenters. The SMILES string of the molecule is Cc1cc(C(C)(O)CNC2CCCC2)c(C)o1. The number of aryl methyl sites for hydroxylation is 2. The van der Waals surface area contributed by atoms with Gasteiger partial charge in [-0.25, -0.2) is 0 Å². The highest BCUT2D eigenvalue weighted by Crippen LogP contribution is 2.27. The molecule has 0 bridgehead atoms. The van der Waals surface area contributed by atoms with Crippen molar-refractivity contribution in [2.24, 2.45) is 0 Å². The lowest BCUT2D eigenvalue weighted by atomic mass is 9.96. The first-order valence-electron chi connectivity index (χ1n) is 6.52. The maximum Gasteiger partial charge on any atom is 0.107 e. The van der Waals surface area contributed by atoms with Gasteiger partial charge in [-0.15, -0.1) is 0 Å². The summed E-state index contributed by atoms with van der Waals surface area (Å²) in [7, 11) is 0. The molecule has 3 heteroatoms. The van der Waals surface area contributed by atoms with Crippen molar-refractivity contribution in [3.05, 3.63) is 23.2 Å². The van der Waals surface area contributed by atoms with E-state index in [-0.39, 0.29) is 0 Å². The average molecular weight is 237 g/mol. The highest BCUT2D eigenvalue weighted by atomic mass is 16.3. The van der Waals surface area contributed by atoms with E-state index in [1.807, 2.05) is 26.8 Å². The van der Waals surface area contributed by atoms with E-state index in [4.69, 9.17) is 4.42 Å². The van der Waals surface area contributed by atoms with Gasteiger partial charge in [-0.2, -0.15) is 0 Å². The number of hydrogen-bond acceptors (Lipinski definition) is 3. The number of hydrogen-bond donors (Lipinski definition) is 2. The molecule has 1 aliphatic carbocycles. The first-order valence-corrected chi connectivity index (χ1v) is 6.52. The zero-order chi connectivity index (χ0) is 12.5. The van der Waals surface area contributed by atoms with Gasteiger partial charge in [0.05, 0.1) is 0 Å². The topological polar surface area (TPSA) is 45.4 Å². The lowest BCUT2D eigenvalue weighted by molar-refractivity contribution is 0.0525. The molecule has 1 aliphatic rings. The van der Waals surface area contributed by atoms with Crippen molar-refractivity contribution in [2.45, 2.75) is 58.1 Å². The Labute approximate surface area is 103 Å². The molecule has 1 aromatic heterocycles. The van der Waals surface area contributed by atoms with Crippen molar-refractivity contribution in [3.63, 3.8) is 0 Å². The lowest BCUT2D eigenvalue weighted by Gasteiger charge is -2.25. The van der Waals surface area contributed by atoms with E-state index in [0.717, 1.165) is 17.1 Å². The summed E-state index contributed by atoms with van der Waals surface area (Å²) in [6.45, 7) is 6.27. The molecule has 0 saturated heterocycles. The summed E-state index contributed by atoms with van der Waals surface area (Å²) in [5.41, 5.74) is 0.0604. The maximum atomic E-state index is 10.5. The van der Waals surface area contributed by atoms with Gasteiger partial charge in [0.1, 0.15) is 17.1 Å². The third-order valence-corrected chi connectivity index (χ3v) is 3.71. The van der Waals surface area contributed by atoms with Crippen LogP contribution in [-0.2, 0) is 5.60 Å². The fourth-order valence-electron chi connectivity index (χ4n) is 2.73. The van der Waals surface area contributed by atoms with Gasteiger partial charge in [-0.3, -0.25) is 0 Å². The Balaban J connectivity index is 1.99. The molecule has 0 spiro atoms. The zero-order valence-corrected chi connectivity index (χ0v) is 11.0. The van der Waals surface area contributed by atoms with E-state index < -0.39 is 5.60 Å². The minimum absolute atomic E-state index is 0.578. The highest BCUT2D eigenvalue weighted by Gasteiger charge is 2.28. The summed E-state index contributed by atoms with van der Waals surface area (Å²) in [6.07, 6.45) is 5.09. The van der Waals surface area contributed by atoms with Gasteiger partial charge in [0.25, 0.3) is 0 Å². The van der Waals surface area contributed by atoms with Crippen molar-refractivity contribution in [1.29, 1.82) is 0 Å². The Morgan fingerprint density at radius 1 is 1.41 bits per heavy atom. The van der Waals surface area contributed by atoms with Crippen LogP contribution in [0.25, 0.3) is 0 Å². The summed E-state index contributed by atoms with van der Waals surface area (Å²) in [4.78, 5) is 0. The van der Waals surface area contributed by atoms with Crippen LogP contribution in [0.1, 0.15) is 49.7 Å². The minimum Gasteiger partial charge on any atom is -0.466 e. The molecule has 0 radical (unpaired) electrons. The number of nitrogens with one attached hydrogen (secondary N) is 1. The Morgan fingerprint density at radius 2 is 2.06 bits per heavy atom. The van der Waals surface area contributed by atoms with E-state index in [2.05, 4.69) is 5.32 Å². The second-order valence-corrected chi connectivity index (χ2v) is 5.46. The van der Waals surface area contributed by atoms with Gasteiger partial charge in [-0.05, 0) is 39.7 Å². The molecule has 96 valence electrons. The van der Waals surface area contributed by atoms with Crippen molar-refractivity contribution < 1.29 is 9.52 Å². The third-order valence-electron chi connectivity index (χ3n) is 3.71. The summed E-state index contributed by atoms with van der Waals surface area (Å²) >= 11 is 0. The highest BCUT2D eigenvalue weighted by molar-refractivity contribution is 5.26. The maximum absolute atomic E-state index is 10.5. The van der Waals surface area contributed by atoms with E-state index in [1.165, 1.54) is 25.7 Å². The predicted molar refractivity (Wildman–Crippen MR) is 68.0 cm³/mol. The predicted octanol–water partition coefficient (Wildman–Crippen LogP) is 2.64. The van der Waals surface area contributed by atoms with Crippen LogP contribution in [0, 0.1) is 13.8 Å². The van der Waals surface area contributed by atoms with Crippen LogP contribution in [-0.4, -0.2) is 17.7 Å². The summed E-state index contributed by atoms with van der Waals surface area (Å²) in [6, 6.07) is 2.51. The first-order chi connectivity index (χ1) is 7.99. The average Bonchev–Trinajstić information content (AvgIpc) is 2.85. The van der Waals surface area contributed by atoms with Crippen molar-refractivity contribution in [3.8, 4) is 0 Å².